The largest absolute Gasteiger partial charge is 0.489 e. The third-order valence-electron chi connectivity index (χ3n) is 3.14. The van der Waals surface area contributed by atoms with Crippen molar-refractivity contribution in [3.05, 3.63) is 71.0 Å². The predicted molar refractivity (Wildman–Crippen MR) is 84.9 cm³/mol. The summed E-state index contributed by atoms with van der Waals surface area (Å²) in [5, 5.41) is 2.58. The van der Waals surface area contributed by atoms with Gasteiger partial charge in [-0.15, -0.1) is 0 Å². The molecule has 4 heteroatoms. The molecule has 0 spiro atoms. The normalized spacial score (nSPS) is 11.1. The molecule has 0 bridgehead atoms. The molecule has 0 saturated heterocycles. The van der Waals surface area contributed by atoms with Crippen LogP contribution in [-0.4, -0.2) is 13.0 Å². The maximum atomic E-state index is 13.1. The third-order valence-corrected chi connectivity index (χ3v) is 3.14. The van der Waals surface area contributed by atoms with Crippen LogP contribution in [0.1, 0.15) is 18.1 Å². The number of hydrogen-bond acceptors (Lipinski definition) is 2. The van der Waals surface area contributed by atoms with Crippen molar-refractivity contribution in [3.8, 4) is 5.75 Å². The number of likely N-dealkylation sites (N-methyl/N-ethyl adjacent to an activating group) is 1. The molecule has 2 aromatic carbocycles. The van der Waals surface area contributed by atoms with Gasteiger partial charge in [0.2, 0.25) is 5.91 Å². The summed E-state index contributed by atoms with van der Waals surface area (Å²) in [6, 6.07) is 13.7. The highest BCUT2D eigenvalue weighted by Gasteiger charge is 2.01. The molecular weight excluding hydrogens is 281 g/mol. The molecular formula is C18H18FNO2. The maximum absolute atomic E-state index is 13.1. The van der Waals surface area contributed by atoms with Crippen LogP contribution in [0.15, 0.2) is 54.1 Å². The van der Waals surface area contributed by atoms with Crippen molar-refractivity contribution in [1.82, 2.24) is 5.32 Å². The number of carbonyl (C=O) groups is 1. The fraction of sp³-hybridized carbons (Fsp3) is 0.167. The van der Waals surface area contributed by atoms with Crippen LogP contribution < -0.4 is 10.1 Å². The minimum absolute atomic E-state index is 0.105. The topological polar surface area (TPSA) is 38.3 Å². The summed E-state index contributed by atoms with van der Waals surface area (Å²) in [6.45, 7) is 2.07. The summed E-state index contributed by atoms with van der Waals surface area (Å²) < 4.78 is 18.7. The lowest BCUT2D eigenvalue weighted by molar-refractivity contribution is -0.116. The minimum Gasteiger partial charge on any atom is -0.489 e. The lowest BCUT2D eigenvalue weighted by Crippen LogP contribution is -2.18. The van der Waals surface area contributed by atoms with Gasteiger partial charge < -0.3 is 10.1 Å². The molecule has 0 aliphatic carbocycles. The molecule has 1 N–H and O–H groups in total. The van der Waals surface area contributed by atoms with Gasteiger partial charge in [0.25, 0.3) is 0 Å². The zero-order chi connectivity index (χ0) is 15.9. The molecule has 22 heavy (non-hydrogen) atoms. The molecule has 2 aromatic rings. The van der Waals surface area contributed by atoms with E-state index in [4.69, 9.17) is 4.74 Å². The average molecular weight is 299 g/mol. The molecule has 0 unspecified atom stereocenters. The van der Waals surface area contributed by atoms with Crippen LogP contribution in [0.2, 0.25) is 0 Å². The van der Waals surface area contributed by atoms with Crippen LogP contribution in [0, 0.1) is 5.82 Å². The van der Waals surface area contributed by atoms with Gasteiger partial charge in [0.05, 0.1) is 0 Å². The molecule has 0 saturated carbocycles. The Kier molecular flexibility index (Phi) is 5.31. The summed E-state index contributed by atoms with van der Waals surface area (Å²) in [5.41, 5.74) is 2.33. The summed E-state index contributed by atoms with van der Waals surface area (Å²) in [7, 11) is 1.60. The Bertz CT molecular complexity index is 678. The summed E-state index contributed by atoms with van der Waals surface area (Å²) >= 11 is 0. The molecule has 0 aliphatic rings. The minimum atomic E-state index is -0.272. The van der Waals surface area contributed by atoms with Crippen LogP contribution in [0.5, 0.6) is 5.75 Å². The Balaban J connectivity index is 1.99. The fourth-order valence-electron chi connectivity index (χ4n) is 1.97. The Morgan fingerprint density at radius 3 is 2.59 bits per heavy atom. The van der Waals surface area contributed by atoms with E-state index in [9.17, 15) is 9.18 Å². The van der Waals surface area contributed by atoms with E-state index in [1.54, 1.807) is 26.1 Å². The molecule has 0 atom stereocenters. The Labute approximate surface area is 129 Å². The van der Waals surface area contributed by atoms with E-state index >= 15 is 0 Å². The van der Waals surface area contributed by atoms with Gasteiger partial charge in [0.1, 0.15) is 18.2 Å². The maximum Gasteiger partial charge on any atom is 0.246 e. The molecule has 0 heterocycles. The second-order valence-electron chi connectivity index (χ2n) is 4.89. The van der Waals surface area contributed by atoms with Crippen molar-refractivity contribution < 1.29 is 13.9 Å². The van der Waals surface area contributed by atoms with E-state index in [0.717, 1.165) is 11.1 Å². The third kappa shape index (κ3) is 4.45. The van der Waals surface area contributed by atoms with Crippen molar-refractivity contribution in [3.63, 3.8) is 0 Å². The predicted octanol–water partition coefficient (Wildman–Crippen LogP) is 3.55. The number of rotatable bonds is 5. The Morgan fingerprint density at radius 2 is 1.95 bits per heavy atom. The Morgan fingerprint density at radius 1 is 1.23 bits per heavy atom. The number of amides is 1. The van der Waals surface area contributed by atoms with E-state index in [0.29, 0.717) is 17.9 Å². The highest BCUT2D eigenvalue weighted by atomic mass is 19.1. The van der Waals surface area contributed by atoms with E-state index < -0.39 is 0 Å². The van der Waals surface area contributed by atoms with Crippen LogP contribution in [-0.2, 0) is 11.4 Å². The number of nitrogens with one attached hydrogen (secondary N) is 1. The van der Waals surface area contributed by atoms with Gasteiger partial charge in [-0.25, -0.2) is 4.39 Å². The van der Waals surface area contributed by atoms with Gasteiger partial charge in [-0.2, -0.15) is 0 Å². The van der Waals surface area contributed by atoms with Gasteiger partial charge in [-0.05, 0) is 48.4 Å². The van der Waals surface area contributed by atoms with Crippen LogP contribution in [0.3, 0.4) is 0 Å². The first kappa shape index (κ1) is 15.8. The van der Waals surface area contributed by atoms with Gasteiger partial charge in [0.15, 0.2) is 0 Å². The first-order chi connectivity index (χ1) is 10.6. The quantitative estimate of drug-likeness (QED) is 0.857. The average Bonchev–Trinajstić information content (AvgIpc) is 2.53. The Hall–Kier alpha value is -2.62. The number of halogens is 1. The molecule has 0 aromatic heterocycles. The highest BCUT2D eigenvalue weighted by Crippen LogP contribution is 2.16. The highest BCUT2D eigenvalue weighted by molar-refractivity contribution is 5.96. The second kappa shape index (κ2) is 7.41. The summed E-state index contributed by atoms with van der Waals surface area (Å²) in [5.74, 6) is 0.316. The number of carbonyl (C=O) groups excluding carboxylic acids is 1. The standard InChI is InChI=1S/C18H18FNO2/c1-13(18(21)20-2)10-14-6-8-17(9-7-14)22-12-15-4-3-5-16(19)11-15/h3-11H,12H2,1-2H3,(H,20,21). The lowest BCUT2D eigenvalue weighted by atomic mass is 10.1. The van der Waals surface area contributed by atoms with Crippen molar-refractivity contribution in [2.24, 2.45) is 0 Å². The van der Waals surface area contributed by atoms with Crippen molar-refractivity contribution in [1.29, 1.82) is 0 Å². The lowest BCUT2D eigenvalue weighted by Gasteiger charge is -2.07. The number of hydrogen-bond donors (Lipinski definition) is 1. The first-order valence-electron chi connectivity index (χ1n) is 6.96. The van der Waals surface area contributed by atoms with E-state index in [1.807, 2.05) is 30.3 Å². The SMILES string of the molecule is CNC(=O)C(C)=Cc1ccc(OCc2cccc(F)c2)cc1. The number of benzene rings is 2. The van der Waals surface area contributed by atoms with Crippen LogP contribution in [0.25, 0.3) is 6.08 Å². The van der Waals surface area contributed by atoms with E-state index in [1.165, 1.54) is 12.1 Å². The monoisotopic (exact) mass is 299 g/mol. The molecule has 2 rings (SSSR count). The number of ether oxygens (including phenoxy) is 1. The first-order valence-corrected chi connectivity index (χ1v) is 6.96. The zero-order valence-corrected chi connectivity index (χ0v) is 12.6. The van der Waals surface area contributed by atoms with Crippen LogP contribution in [0.4, 0.5) is 4.39 Å². The molecule has 0 fully saturated rings. The smallest absolute Gasteiger partial charge is 0.246 e. The van der Waals surface area contributed by atoms with Gasteiger partial charge in [-0.1, -0.05) is 24.3 Å². The zero-order valence-electron chi connectivity index (χ0n) is 12.6. The fourth-order valence-corrected chi connectivity index (χ4v) is 1.97. The summed E-state index contributed by atoms with van der Waals surface area (Å²) in [4.78, 5) is 11.4. The van der Waals surface area contributed by atoms with Crippen molar-refractivity contribution in [2.45, 2.75) is 13.5 Å². The molecule has 114 valence electrons. The molecule has 0 aliphatic heterocycles. The van der Waals surface area contributed by atoms with Gasteiger partial charge >= 0.3 is 0 Å². The van der Waals surface area contributed by atoms with Gasteiger partial charge in [0, 0.05) is 12.6 Å². The van der Waals surface area contributed by atoms with Gasteiger partial charge in [-0.3, -0.25) is 4.79 Å². The molecule has 0 radical (unpaired) electrons. The second-order valence-corrected chi connectivity index (χ2v) is 4.89. The molecule has 1 amide bonds. The summed E-state index contributed by atoms with van der Waals surface area (Å²) in [6.07, 6.45) is 1.80. The van der Waals surface area contributed by atoms with E-state index in [2.05, 4.69) is 5.32 Å². The van der Waals surface area contributed by atoms with Crippen molar-refractivity contribution in [2.75, 3.05) is 7.05 Å². The van der Waals surface area contributed by atoms with Crippen LogP contribution >= 0.6 is 0 Å². The van der Waals surface area contributed by atoms with E-state index in [-0.39, 0.29) is 11.7 Å². The molecule has 3 nitrogen and oxygen atoms in total. The van der Waals surface area contributed by atoms with Crippen molar-refractivity contribution >= 4 is 12.0 Å².